The monoisotopic (exact) mass is 297 g/mol. The van der Waals surface area contributed by atoms with E-state index in [0.29, 0.717) is 5.69 Å². The fraction of sp³-hybridized carbons (Fsp3) is 0.0625. The van der Waals surface area contributed by atoms with Crippen molar-refractivity contribution in [1.82, 2.24) is 5.32 Å². The lowest BCUT2D eigenvalue weighted by Gasteiger charge is -2.04. The first kappa shape index (κ1) is 15.2. The zero-order chi connectivity index (χ0) is 15.9. The fourth-order valence-corrected chi connectivity index (χ4v) is 1.82. The lowest BCUT2D eigenvalue weighted by atomic mass is 10.1. The van der Waals surface area contributed by atoms with Crippen LogP contribution in [-0.4, -0.2) is 11.0 Å². The summed E-state index contributed by atoms with van der Waals surface area (Å²) in [5.41, 5.74) is 2.57. The molecule has 0 unspecified atom stereocenters. The summed E-state index contributed by atoms with van der Waals surface area (Å²) in [4.78, 5) is 21.7. The zero-order valence-electron chi connectivity index (χ0n) is 11.9. The van der Waals surface area contributed by atoms with Crippen LogP contribution in [0.1, 0.15) is 11.1 Å². The zero-order valence-corrected chi connectivity index (χ0v) is 11.9. The second kappa shape index (κ2) is 7.03. The van der Waals surface area contributed by atoms with E-state index in [-0.39, 0.29) is 5.69 Å². The highest BCUT2D eigenvalue weighted by atomic mass is 16.6. The number of hydrogen-bond donors (Lipinski definition) is 2. The number of rotatable bonds is 4. The van der Waals surface area contributed by atoms with Gasteiger partial charge in [-0.05, 0) is 30.7 Å². The highest BCUT2D eigenvalue weighted by molar-refractivity contribution is 5.90. The molecule has 2 aromatic carbocycles. The van der Waals surface area contributed by atoms with E-state index in [0.717, 1.165) is 11.1 Å². The summed E-state index contributed by atoms with van der Waals surface area (Å²) in [5, 5.41) is 15.7. The van der Waals surface area contributed by atoms with E-state index in [1.165, 1.54) is 30.5 Å². The van der Waals surface area contributed by atoms with E-state index in [1.54, 1.807) is 6.08 Å². The highest BCUT2D eigenvalue weighted by Gasteiger charge is 2.05. The maximum atomic E-state index is 11.7. The van der Waals surface area contributed by atoms with Crippen molar-refractivity contribution in [1.29, 1.82) is 0 Å². The summed E-state index contributed by atoms with van der Waals surface area (Å²) in [7, 11) is 0. The third-order valence-electron chi connectivity index (χ3n) is 2.87. The van der Waals surface area contributed by atoms with Gasteiger partial charge in [0.15, 0.2) is 0 Å². The second-order valence-corrected chi connectivity index (χ2v) is 4.65. The molecule has 0 aliphatic heterocycles. The normalized spacial score (nSPS) is 10.4. The molecular weight excluding hydrogens is 282 g/mol. The van der Waals surface area contributed by atoms with E-state index in [4.69, 9.17) is 0 Å². The van der Waals surface area contributed by atoms with Gasteiger partial charge in [0.2, 0.25) is 0 Å². The van der Waals surface area contributed by atoms with Gasteiger partial charge in [0.1, 0.15) is 0 Å². The Hall–Kier alpha value is -3.15. The molecule has 0 saturated heterocycles. The molecule has 6 heteroatoms. The Bertz CT molecular complexity index is 709. The third kappa shape index (κ3) is 4.45. The van der Waals surface area contributed by atoms with E-state index in [2.05, 4.69) is 10.6 Å². The Morgan fingerprint density at radius 1 is 1.18 bits per heavy atom. The van der Waals surface area contributed by atoms with Gasteiger partial charge in [0.25, 0.3) is 5.69 Å². The predicted octanol–water partition coefficient (Wildman–Crippen LogP) is 3.70. The van der Waals surface area contributed by atoms with E-state index in [1.807, 2.05) is 31.2 Å². The minimum absolute atomic E-state index is 0.0229. The van der Waals surface area contributed by atoms with Crippen molar-refractivity contribution in [2.45, 2.75) is 6.92 Å². The number of carbonyl (C=O) groups excluding carboxylic acids is 1. The van der Waals surface area contributed by atoms with Crippen molar-refractivity contribution < 1.29 is 9.72 Å². The lowest BCUT2D eigenvalue weighted by molar-refractivity contribution is -0.384. The number of nitrogens with one attached hydrogen (secondary N) is 2. The molecule has 0 radical (unpaired) electrons. The van der Waals surface area contributed by atoms with Crippen LogP contribution in [0, 0.1) is 17.0 Å². The standard InChI is InChI=1S/C16H15N3O3/c1-12-3-2-4-13(11-12)9-10-17-16(20)18-14-5-7-15(8-6-14)19(21)22/h2-11H,1H3,(H2,17,18,20)/b10-9+. The SMILES string of the molecule is Cc1cccc(/C=C/NC(=O)Nc2ccc([N+](=O)[O-])cc2)c1. The van der Waals surface area contributed by atoms with Gasteiger partial charge in [0, 0.05) is 24.0 Å². The molecule has 112 valence electrons. The van der Waals surface area contributed by atoms with Crippen molar-refractivity contribution in [2.75, 3.05) is 5.32 Å². The van der Waals surface area contributed by atoms with Crippen LogP contribution in [-0.2, 0) is 0 Å². The molecule has 0 aliphatic carbocycles. The Balaban J connectivity index is 1.89. The number of carbonyl (C=O) groups is 1. The molecule has 0 fully saturated rings. The van der Waals surface area contributed by atoms with Gasteiger partial charge in [0.05, 0.1) is 4.92 Å². The van der Waals surface area contributed by atoms with Gasteiger partial charge in [-0.25, -0.2) is 4.79 Å². The smallest absolute Gasteiger partial charge is 0.314 e. The first-order valence-electron chi connectivity index (χ1n) is 6.60. The Morgan fingerprint density at radius 2 is 1.91 bits per heavy atom. The number of anilines is 1. The first-order chi connectivity index (χ1) is 10.5. The maximum absolute atomic E-state index is 11.7. The Kier molecular flexibility index (Phi) is 4.87. The van der Waals surface area contributed by atoms with Crippen LogP contribution in [0.5, 0.6) is 0 Å². The molecule has 0 bridgehead atoms. The number of nitrogens with zero attached hydrogens (tertiary/aromatic N) is 1. The molecule has 2 rings (SSSR count). The summed E-state index contributed by atoms with van der Waals surface area (Å²) in [6.07, 6.45) is 3.32. The van der Waals surface area contributed by atoms with Crippen LogP contribution in [0.3, 0.4) is 0 Å². The molecule has 22 heavy (non-hydrogen) atoms. The predicted molar refractivity (Wildman–Crippen MR) is 85.5 cm³/mol. The van der Waals surface area contributed by atoms with Crippen LogP contribution in [0.15, 0.2) is 54.7 Å². The van der Waals surface area contributed by atoms with E-state index >= 15 is 0 Å². The van der Waals surface area contributed by atoms with Gasteiger partial charge in [-0.1, -0.05) is 29.8 Å². The van der Waals surface area contributed by atoms with Gasteiger partial charge in [-0.2, -0.15) is 0 Å². The highest BCUT2D eigenvalue weighted by Crippen LogP contribution is 2.15. The average molecular weight is 297 g/mol. The number of hydrogen-bond acceptors (Lipinski definition) is 3. The van der Waals surface area contributed by atoms with Crippen molar-refractivity contribution >= 4 is 23.5 Å². The summed E-state index contributed by atoms with van der Waals surface area (Å²) in [6.45, 7) is 1.99. The number of aryl methyl sites for hydroxylation is 1. The lowest BCUT2D eigenvalue weighted by Crippen LogP contribution is -2.23. The van der Waals surface area contributed by atoms with Crippen LogP contribution >= 0.6 is 0 Å². The van der Waals surface area contributed by atoms with Crippen LogP contribution in [0.4, 0.5) is 16.2 Å². The Morgan fingerprint density at radius 3 is 2.55 bits per heavy atom. The van der Waals surface area contributed by atoms with Crippen LogP contribution < -0.4 is 10.6 Å². The molecule has 0 saturated carbocycles. The molecule has 0 spiro atoms. The maximum Gasteiger partial charge on any atom is 0.323 e. The molecule has 6 nitrogen and oxygen atoms in total. The average Bonchev–Trinajstić information content (AvgIpc) is 2.48. The number of non-ortho nitro benzene ring substituents is 1. The van der Waals surface area contributed by atoms with Crippen molar-refractivity contribution in [2.24, 2.45) is 0 Å². The largest absolute Gasteiger partial charge is 0.323 e. The minimum Gasteiger partial charge on any atom is -0.314 e. The van der Waals surface area contributed by atoms with Gasteiger partial charge in [-0.15, -0.1) is 0 Å². The van der Waals surface area contributed by atoms with Gasteiger partial charge >= 0.3 is 6.03 Å². The van der Waals surface area contributed by atoms with Crippen molar-refractivity contribution in [3.63, 3.8) is 0 Å². The van der Waals surface area contributed by atoms with Crippen LogP contribution in [0.25, 0.3) is 6.08 Å². The summed E-state index contributed by atoms with van der Waals surface area (Å²) >= 11 is 0. The molecule has 0 aromatic heterocycles. The van der Waals surface area contributed by atoms with Gasteiger partial charge < -0.3 is 10.6 Å². The molecule has 2 N–H and O–H groups in total. The molecule has 2 aromatic rings. The van der Waals surface area contributed by atoms with E-state index in [9.17, 15) is 14.9 Å². The number of nitro benzene ring substituents is 1. The first-order valence-corrected chi connectivity index (χ1v) is 6.60. The fourth-order valence-electron chi connectivity index (χ4n) is 1.82. The van der Waals surface area contributed by atoms with Crippen LogP contribution in [0.2, 0.25) is 0 Å². The molecule has 0 heterocycles. The molecular formula is C16H15N3O3. The molecule has 0 atom stereocenters. The summed E-state index contributed by atoms with van der Waals surface area (Å²) in [5.74, 6) is 0. The Labute approximate surface area is 127 Å². The minimum atomic E-state index is -0.492. The van der Waals surface area contributed by atoms with E-state index < -0.39 is 11.0 Å². The summed E-state index contributed by atoms with van der Waals surface area (Å²) < 4.78 is 0. The summed E-state index contributed by atoms with van der Waals surface area (Å²) in [6, 6.07) is 13.0. The number of nitro groups is 1. The molecule has 0 aliphatic rings. The van der Waals surface area contributed by atoms with Crippen molar-refractivity contribution in [3.05, 3.63) is 76.0 Å². The number of amides is 2. The third-order valence-corrected chi connectivity index (χ3v) is 2.87. The second-order valence-electron chi connectivity index (χ2n) is 4.65. The van der Waals surface area contributed by atoms with Gasteiger partial charge in [-0.3, -0.25) is 10.1 Å². The van der Waals surface area contributed by atoms with Crippen molar-refractivity contribution in [3.8, 4) is 0 Å². The quantitative estimate of drug-likeness (QED) is 0.666. The number of urea groups is 1. The topological polar surface area (TPSA) is 84.3 Å². The number of benzene rings is 2. The molecule has 2 amide bonds.